The molecule has 1 atom stereocenters. The van der Waals surface area contributed by atoms with Crippen LogP contribution in [0.5, 0.6) is 0 Å². The molecule has 12 heteroatoms. The van der Waals surface area contributed by atoms with Gasteiger partial charge in [0.2, 0.25) is 11.8 Å². The first kappa shape index (κ1) is 21.3. The van der Waals surface area contributed by atoms with Crippen molar-refractivity contribution in [1.82, 2.24) is 34.9 Å². The Hall–Kier alpha value is -4.58. The van der Waals surface area contributed by atoms with Crippen LogP contribution >= 0.6 is 0 Å². The minimum Gasteiger partial charge on any atom is -0.421 e. The Morgan fingerprint density at radius 2 is 1.97 bits per heavy atom. The second-order valence-electron chi connectivity index (χ2n) is 7.56. The normalized spacial score (nSPS) is 12.1. The van der Waals surface area contributed by atoms with Crippen LogP contribution in [-0.2, 0) is 7.05 Å². The summed E-state index contributed by atoms with van der Waals surface area (Å²) in [5.41, 5.74) is 1.65. The van der Waals surface area contributed by atoms with E-state index in [1.807, 2.05) is 30.3 Å². The zero-order valence-electron chi connectivity index (χ0n) is 18.4. The lowest BCUT2D eigenvalue weighted by atomic mass is 10.1. The lowest BCUT2D eigenvalue weighted by molar-refractivity contribution is 0.276. The van der Waals surface area contributed by atoms with Crippen LogP contribution in [0.15, 0.2) is 57.9 Å². The van der Waals surface area contributed by atoms with Crippen molar-refractivity contribution in [2.75, 3.05) is 17.2 Å². The topological polar surface area (TPSA) is 160 Å². The van der Waals surface area contributed by atoms with Crippen LogP contribution in [0.3, 0.4) is 0 Å². The van der Waals surface area contributed by atoms with Crippen LogP contribution in [0.4, 0.5) is 17.6 Å². The first-order valence-electron chi connectivity index (χ1n) is 10.4. The maximum atomic E-state index is 11.9. The van der Waals surface area contributed by atoms with Gasteiger partial charge in [-0.15, -0.1) is 10.2 Å². The van der Waals surface area contributed by atoms with Gasteiger partial charge in [-0.2, -0.15) is 4.98 Å². The van der Waals surface area contributed by atoms with Crippen molar-refractivity contribution >= 4 is 28.6 Å². The van der Waals surface area contributed by atoms with E-state index in [1.54, 1.807) is 37.0 Å². The van der Waals surface area contributed by atoms with E-state index in [-0.39, 0.29) is 24.0 Å². The SMILES string of the molecule is Cc1nnc(-c2cnc(Nc3ccc4c(=O)[nH]n(C)c4n3)nc2N[C@H](CO)c2ccccc2)o1. The third-order valence-corrected chi connectivity index (χ3v) is 5.19. The molecule has 0 saturated carbocycles. The van der Waals surface area contributed by atoms with Crippen molar-refractivity contribution in [2.24, 2.45) is 7.05 Å². The molecule has 0 aliphatic carbocycles. The quantitative estimate of drug-likeness (QED) is 0.284. The number of nitrogens with one attached hydrogen (secondary N) is 3. The Kier molecular flexibility index (Phi) is 5.47. The predicted molar refractivity (Wildman–Crippen MR) is 125 cm³/mol. The number of rotatable bonds is 7. The van der Waals surface area contributed by atoms with Gasteiger partial charge in [0, 0.05) is 20.2 Å². The van der Waals surface area contributed by atoms with Crippen LogP contribution in [0, 0.1) is 6.92 Å². The first-order valence-corrected chi connectivity index (χ1v) is 10.4. The zero-order chi connectivity index (χ0) is 23.7. The summed E-state index contributed by atoms with van der Waals surface area (Å²) in [5, 5.41) is 27.4. The van der Waals surface area contributed by atoms with Gasteiger partial charge >= 0.3 is 0 Å². The molecular weight excluding hydrogens is 438 g/mol. The lowest BCUT2D eigenvalue weighted by Gasteiger charge is -2.19. The number of anilines is 3. The summed E-state index contributed by atoms with van der Waals surface area (Å²) in [4.78, 5) is 25.3. The van der Waals surface area contributed by atoms with E-state index in [1.165, 1.54) is 0 Å². The number of aliphatic hydroxyl groups is 1. The standard InChI is InChI=1S/C22H21N9O3/c1-12-28-29-21(34-12)15-10-23-22(26-17-9-8-14-19(25-17)31(2)30-20(14)33)27-18(15)24-16(11-32)13-6-4-3-5-7-13/h3-10,16,32H,11H2,1-2H3,(H,30,33)(H2,23,24,25,26,27)/t16-/m1/s1. The van der Waals surface area contributed by atoms with E-state index in [0.29, 0.717) is 34.1 Å². The molecule has 4 heterocycles. The van der Waals surface area contributed by atoms with Crippen molar-refractivity contribution in [2.45, 2.75) is 13.0 Å². The largest absolute Gasteiger partial charge is 0.421 e. The van der Waals surface area contributed by atoms with Crippen LogP contribution in [0.25, 0.3) is 22.5 Å². The molecule has 5 rings (SSSR count). The molecule has 4 N–H and O–H groups in total. The number of aromatic amines is 1. The van der Waals surface area contributed by atoms with E-state index in [9.17, 15) is 9.90 Å². The Morgan fingerprint density at radius 1 is 1.15 bits per heavy atom. The smallest absolute Gasteiger partial charge is 0.273 e. The molecular formula is C22H21N9O3. The highest BCUT2D eigenvalue weighted by Crippen LogP contribution is 2.29. The highest BCUT2D eigenvalue weighted by Gasteiger charge is 2.19. The molecule has 0 aliphatic heterocycles. The molecule has 5 aromatic rings. The zero-order valence-corrected chi connectivity index (χ0v) is 18.4. The van der Waals surface area contributed by atoms with Gasteiger partial charge in [-0.1, -0.05) is 30.3 Å². The van der Waals surface area contributed by atoms with E-state index in [4.69, 9.17) is 4.42 Å². The average Bonchev–Trinajstić information content (AvgIpc) is 3.40. The fourth-order valence-corrected chi connectivity index (χ4v) is 3.53. The highest BCUT2D eigenvalue weighted by molar-refractivity contribution is 5.77. The number of aryl methyl sites for hydroxylation is 2. The fourth-order valence-electron chi connectivity index (χ4n) is 3.53. The Labute approximate surface area is 192 Å². The molecule has 0 unspecified atom stereocenters. The highest BCUT2D eigenvalue weighted by atomic mass is 16.4. The van der Waals surface area contributed by atoms with Gasteiger partial charge in [-0.3, -0.25) is 14.6 Å². The molecule has 0 aliphatic rings. The number of H-pyrrole nitrogens is 1. The van der Waals surface area contributed by atoms with Crippen molar-refractivity contribution < 1.29 is 9.52 Å². The number of aromatic nitrogens is 7. The number of pyridine rings is 1. The maximum Gasteiger partial charge on any atom is 0.273 e. The van der Waals surface area contributed by atoms with Gasteiger partial charge in [0.1, 0.15) is 11.6 Å². The Morgan fingerprint density at radius 3 is 2.71 bits per heavy atom. The number of fused-ring (bicyclic) bond motifs is 1. The molecule has 1 aromatic carbocycles. The molecule has 4 aromatic heterocycles. The van der Waals surface area contributed by atoms with Crippen LogP contribution in [0.1, 0.15) is 17.5 Å². The van der Waals surface area contributed by atoms with Gasteiger partial charge in [-0.25, -0.2) is 9.97 Å². The van der Waals surface area contributed by atoms with Gasteiger partial charge in [-0.05, 0) is 17.7 Å². The summed E-state index contributed by atoms with van der Waals surface area (Å²) in [6.45, 7) is 1.52. The second-order valence-corrected chi connectivity index (χ2v) is 7.56. The molecule has 0 fully saturated rings. The number of benzene rings is 1. The van der Waals surface area contributed by atoms with Crippen LogP contribution in [-0.4, -0.2) is 46.6 Å². The molecule has 0 amide bonds. The number of aliphatic hydroxyl groups excluding tert-OH is 1. The van der Waals surface area contributed by atoms with Gasteiger partial charge in [0.05, 0.1) is 23.6 Å². The number of hydrogen-bond donors (Lipinski definition) is 4. The van der Waals surface area contributed by atoms with Gasteiger partial charge in [0.25, 0.3) is 11.4 Å². The van der Waals surface area contributed by atoms with E-state index in [2.05, 4.69) is 40.9 Å². The van der Waals surface area contributed by atoms with Crippen molar-refractivity contribution in [3.63, 3.8) is 0 Å². The van der Waals surface area contributed by atoms with Crippen molar-refractivity contribution in [1.29, 1.82) is 0 Å². The van der Waals surface area contributed by atoms with E-state index < -0.39 is 6.04 Å². The summed E-state index contributed by atoms with van der Waals surface area (Å²) < 4.78 is 7.12. The average molecular weight is 459 g/mol. The summed E-state index contributed by atoms with van der Waals surface area (Å²) in [6, 6.07) is 12.4. The van der Waals surface area contributed by atoms with Crippen LogP contribution < -0.4 is 16.2 Å². The minimum atomic E-state index is -0.435. The number of nitrogens with zero attached hydrogens (tertiary/aromatic N) is 6. The monoisotopic (exact) mass is 459 g/mol. The predicted octanol–water partition coefficient (Wildman–Crippen LogP) is 2.30. The number of hydrogen-bond acceptors (Lipinski definition) is 10. The van der Waals surface area contributed by atoms with Gasteiger partial charge < -0.3 is 20.2 Å². The molecule has 0 spiro atoms. The van der Waals surface area contributed by atoms with E-state index in [0.717, 1.165) is 5.56 Å². The Bertz CT molecular complexity index is 1510. The summed E-state index contributed by atoms with van der Waals surface area (Å²) in [7, 11) is 1.71. The third-order valence-electron chi connectivity index (χ3n) is 5.19. The molecule has 0 saturated heterocycles. The fraction of sp³-hybridized carbons (Fsp3) is 0.182. The second kappa shape index (κ2) is 8.75. The van der Waals surface area contributed by atoms with E-state index >= 15 is 0 Å². The minimum absolute atomic E-state index is 0.168. The lowest BCUT2D eigenvalue weighted by Crippen LogP contribution is -2.17. The maximum absolute atomic E-state index is 11.9. The molecule has 12 nitrogen and oxygen atoms in total. The Balaban J connectivity index is 1.52. The third kappa shape index (κ3) is 4.09. The van der Waals surface area contributed by atoms with Crippen molar-refractivity contribution in [3.05, 3.63) is 70.5 Å². The summed E-state index contributed by atoms with van der Waals surface area (Å²) >= 11 is 0. The molecule has 0 radical (unpaired) electrons. The van der Waals surface area contributed by atoms with Gasteiger partial charge in [0.15, 0.2) is 5.65 Å². The first-order chi connectivity index (χ1) is 16.5. The molecule has 34 heavy (non-hydrogen) atoms. The molecule has 0 bridgehead atoms. The van der Waals surface area contributed by atoms with Crippen molar-refractivity contribution in [3.8, 4) is 11.5 Å². The summed E-state index contributed by atoms with van der Waals surface area (Å²) in [6.07, 6.45) is 1.55. The summed E-state index contributed by atoms with van der Waals surface area (Å²) in [5.74, 6) is 1.74. The van der Waals surface area contributed by atoms with Crippen LogP contribution in [0.2, 0.25) is 0 Å². The molecule has 172 valence electrons.